The summed E-state index contributed by atoms with van der Waals surface area (Å²) in [6, 6.07) is 18.0. The minimum Gasteiger partial charge on any atom is -0.339 e. The van der Waals surface area contributed by atoms with Gasteiger partial charge in [-0.1, -0.05) is 18.2 Å². The van der Waals surface area contributed by atoms with Crippen LogP contribution in [0.4, 0.5) is 0 Å². The van der Waals surface area contributed by atoms with Gasteiger partial charge in [-0.3, -0.25) is 19.2 Å². The predicted molar refractivity (Wildman–Crippen MR) is 133 cm³/mol. The Bertz CT molecular complexity index is 1400. The second-order valence-electron chi connectivity index (χ2n) is 9.47. The fourth-order valence-corrected chi connectivity index (χ4v) is 5.80. The second-order valence-corrected chi connectivity index (χ2v) is 9.47. The van der Waals surface area contributed by atoms with Crippen LogP contribution in [0.5, 0.6) is 0 Å². The molecule has 1 amide bonds. The maximum Gasteiger partial charge on any atom is 0.327 e. The number of hydrogen-bond donors (Lipinski definition) is 1. The molecule has 2 saturated heterocycles. The Kier molecular flexibility index (Phi) is 5.41. The molecule has 0 aliphatic carbocycles. The van der Waals surface area contributed by atoms with Gasteiger partial charge in [0, 0.05) is 42.8 Å². The zero-order chi connectivity index (χ0) is 23.1. The highest BCUT2D eigenvalue weighted by molar-refractivity contribution is 5.98. The number of imidazole rings is 1. The molecule has 4 aromatic rings. The van der Waals surface area contributed by atoms with Crippen molar-refractivity contribution in [1.29, 1.82) is 0 Å². The Balaban J connectivity index is 1.19. The van der Waals surface area contributed by atoms with Gasteiger partial charge in [-0.15, -0.1) is 0 Å². The van der Waals surface area contributed by atoms with Gasteiger partial charge in [0.15, 0.2) is 0 Å². The zero-order valence-electron chi connectivity index (χ0n) is 19.2. The number of piperidine rings is 2. The van der Waals surface area contributed by atoms with E-state index in [0.717, 1.165) is 79.2 Å². The molecule has 1 N–H and O–H groups in total. The van der Waals surface area contributed by atoms with E-state index in [1.54, 1.807) is 6.20 Å². The van der Waals surface area contributed by atoms with Crippen LogP contribution in [0.15, 0.2) is 65.6 Å². The van der Waals surface area contributed by atoms with Gasteiger partial charge < -0.3 is 9.88 Å². The standard InChI is InChI=1S/C27H29N5O2/c33-26(20-10-11-22-19(18-20)6-5-14-28-22)30-16-12-21(13-17-30)31-15-4-3-9-25(31)32-24-8-2-1-7-23(24)29-27(32)34/h1-2,5-8,10-11,14,18,21,25H,3-4,9,12-13,15-17H2,(H,29,34). The van der Waals surface area contributed by atoms with Crippen molar-refractivity contribution in [3.63, 3.8) is 0 Å². The van der Waals surface area contributed by atoms with Crippen molar-refractivity contribution in [2.45, 2.75) is 44.3 Å². The molecular weight excluding hydrogens is 426 g/mol. The molecule has 2 aliphatic heterocycles. The van der Waals surface area contributed by atoms with E-state index in [1.807, 2.05) is 64.1 Å². The Morgan fingerprint density at radius 2 is 1.79 bits per heavy atom. The van der Waals surface area contributed by atoms with Crippen LogP contribution in [-0.2, 0) is 0 Å². The minimum absolute atomic E-state index is 0.0310. The van der Waals surface area contributed by atoms with Gasteiger partial charge in [0.2, 0.25) is 0 Å². The first-order chi connectivity index (χ1) is 16.7. The number of amides is 1. The Morgan fingerprint density at radius 1 is 0.941 bits per heavy atom. The van der Waals surface area contributed by atoms with Crippen LogP contribution >= 0.6 is 0 Å². The third kappa shape index (κ3) is 3.70. The first-order valence-electron chi connectivity index (χ1n) is 12.3. The summed E-state index contributed by atoms with van der Waals surface area (Å²) < 4.78 is 1.95. The van der Waals surface area contributed by atoms with Crippen molar-refractivity contribution in [2.24, 2.45) is 0 Å². The summed E-state index contributed by atoms with van der Waals surface area (Å²) in [7, 11) is 0. The van der Waals surface area contributed by atoms with Crippen molar-refractivity contribution in [3.8, 4) is 0 Å². The summed E-state index contributed by atoms with van der Waals surface area (Å²) >= 11 is 0. The summed E-state index contributed by atoms with van der Waals surface area (Å²) in [6.45, 7) is 2.47. The predicted octanol–water partition coefficient (Wildman–Crippen LogP) is 4.17. The van der Waals surface area contributed by atoms with Gasteiger partial charge in [0.05, 0.1) is 22.7 Å². The van der Waals surface area contributed by atoms with Gasteiger partial charge in [-0.05, 0) is 68.5 Å². The summed E-state index contributed by atoms with van der Waals surface area (Å²) in [5, 5.41) is 0.989. The van der Waals surface area contributed by atoms with E-state index in [1.165, 1.54) is 0 Å². The van der Waals surface area contributed by atoms with Gasteiger partial charge >= 0.3 is 5.69 Å². The van der Waals surface area contributed by atoms with Crippen molar-refractivity contribution in [3.05, 3.63) is 76.8 Å². The number of H-pyrrole nitrogens is 1. The van der Waals surface area contributed by atoms with Gasteiger partial charge in [-0.2, -0.15) is 0 Å². The molecule has 0 spiro atoms. The molecule has 34 heavy (non-hydrogen) atoms. The summed E-state index contributed by atoms with van der Waals surface area (Å²) in [6.07, 6.45) is 6.94. The molecule has 7 heteroatoms. The third-order valence-corrected chi connectivity index (χ3v) is 7.50. The largest absolute Gasteiger partial charge is 0.339 e. The molecule has 2 fully saturated rings. The number of rotatable bonds is 3. The fourth-order valence-electron chi connectivity index (χ4n) is 5.80. The van der Waals surface area contributed by atoms with Crippen LogP contribution in [0.2, 0.25) is 0 Å². The number of aromatic nitrogens is 3. The van der Waals surface area contributed by atoms with Crippen LogP contribution in [0.3, 0.4) is 0 Å². The monoisotopic (exact) mass is 455 g/mol. The third-order valence-electron chi connectivity index (χ3n) is 7.50. The first-order valence-corrected chi connectivity index (χ1v) is 12.3. The molecule has 1 unspecified atom stereocenters. The summed E-state index contributed by atoms with van der Waals surface area (Å²) in [4.78, 5) is 38.0. The van der Waals surface area contributed by atoms with E-state index in [0.29, 0.717) is 6.04 Å². The van der Waals surface area contributed by atoms with E-state index >= 15 is 0 Å². The number of nitrogens with zero attached hydrogens (tertiary/aromatic N) is 4. The average Bonchev–Trinajstić information content (AvgIpc) is 3.23. The van der Waals surface area contributed by atoms with Gasteiger partial charge in [-0.25, -0.2) is 4.79 Å². The molecule has 2 aliphatic rings. The Labute approximate surface area is 198 Å². The normalized spacial score (nSPS) is 20.2. The van der Waals surface area contributed by atoms with Crippen molar-refractivity contribution in [1.82, 2.24) is 24.3 Å². The van der Waals surface area contributed by atoms with E-state index < -0.39 is 0 Å². The maximum absolute atomic E-state index is 13.2. The number of likely N-dealkylation sites (tertiary alicyclic amines) is 2. The smallest absolute Gasteiger partial charge is 0.327 e. The highest BCUT2D eigenvalue weighted by Crippen LogP contribution is 2.33. The number of aromatic amines is 1. The summed E-state index contributed by atoms with van der Waals surface area (Å²) in [5.41, 5.74) is 3.46. The number of carbonyl (C=O) groups excluding carboxylic acids is 1. The molecule has 174 valence electrons. The lowest BCUT2D eigenvalue weighted by Crippen LogP contribution is -2.51. The number of carbonyl (C=O) groups is 1. The molecule has 0 bridgehead atoms. The number of hydrogen-bond acceptors (Lipinski definition) is 4. The molecule has 0 radical (unpaired) electrons. The highest BCUT2D eigenvalue weighted by atomic mass is 16.2. The number of pyridine rings is 1. The molecule has 0 saturated carbocycles. The van der Waals surface area contributed by atoms with Crippen LogP contribution in [-0.4, -0.2) is 55.9 Å². The Morgan fingerprint density at radius 3 is 2.68 bits per heavy atom. The topological polar surface area (TPSA) is 74.2 Å². The number of para-hydroxylation sites is 2. The van der Waals surface area contributed by atoms with Crippen molar-refractivity contribution >= 4 is 27.8 Å². The zero-order valence-corrected chi connectivity index (χ0v) is 19.2. The van der Waals surface area contributed by atoms with E-state index in [4.69, 9.17) is 0 Å². The molecule has 7 nitrogen and oxygen atoms in total. The van der Waals surface area contributed by atoms with Crippen molar-refractivity contribution < 1.29 is 4.79 Å². The maximum atomic E-state index is 13.2. The highest BCUT2D eigenvalue weighted by Gasteiger charge is 2.34. The van der Waals surface area contributed by atoms with E-state index in [2.05, 4.69) is 14.9 Å². The van der Waals surface area contributed by atoms with Crippen molar-refractivity contribution in [2.75, 3.05) is 19.6 Å². The minimum atomic E-state index is -0.0310. The lowest BCUT2D eigenvalue weighted by atomic mass is 9.97. The van der Waals surface area contributed by atoms with E-state index in [-0.39, 0.29) is 17.8 Å². The second kappa shape index (κ2) is 8.72. The quantitative estimate of drug-likeness (QED) is 0.503. The molecule has 2 aromatic heterocycles. The van der Waals surface area contributed by atoms with Gasteiger partial charge in [0.1, 0.15) is 0 Å². The van der Waals surface area contributed by atoms with Crippen LogP contribution < -0.4 is 5.69 Å². The lowest BCUT2D eigenvalue weighted by Gasteiger charge is -2.44. The molecular formula is C27H29N5O2. The van der Waals surface area contributed by atoms with Crippen LogP contribution in [0.1, 0.15) is 48.6 Å². The van der Waals surface area contributed by atoms with Crippen LogP contribution in [0.25, 0.3) is 21.9 Å². The molecule has 2 aromatic carbocycles. The SMILES string of the molecule is O=C(c1ccc2ncccc2c1)N1CCC(N2CCCCC2n2c(=O)[nH]c3ccccc32)CC1. The lowest BCUT2D eigenvalue weighted by molar-refractivity contribution is 0.0182. The average molecular weight is 456 g/mol. The Hall–Kier alpha value is -3.45. The molecule has 6 rings (SSSR count). The molecule has 4 heterocycles. The first kappa shape index (κ1) is 21.1. The number of benzene rings is 2. The van der Waals surface area contributed by atoms with E-state index in [9.17, 15) is 9.59 Å². The van der Waals surface area contributed by atoms with Crippen LogP contribution in [0, 0.1) is 0 Å². The summed E-state index contributed by atoms with van der Waals surface area (Å²) in [5.74, 6) is 0.0900. The van der Waals surface area contributed by atoms with Gasteiger partial charge in [0.25, 0.3) is 5.91 Å². The fraction of sp³-hybridized carbons (Fsp3) is 0.370. The molecule has 1 atom stereocenters. The number of nitrogens with one attached hydrogen (secondary N) is 1. The number of fused-ring (bicyclic) bond motifs is 2.